The quantitative estimate of drug-likeness (QED) is 0.805. The van der Waals surface area contributed by atoms with Gasteiger partial charge in [-0.3, -0.25) is 4.79 Å². The summed E-state index contributed by atoms with van der Waals surface area (Å²) in [6.45, 7) is 5.07. The molecule has 1 rings (SSSR count). The lowest BCUT2D eigenvalue weighted by Gasteiger charge is -2.32. The monoisotopic (exact) mass is 262 g/mol. The summed E-state index contributed by atoms with van der Waals surface area (Å²) in [5, 5.41) is 2.81. The number of amides is 1. The minimum atomic E-state index is -3.29. The molecule has 1 fully saturated rings. The Morgan fingerprint density at radius 2 is 2.06 bits per heavy atom. The van der Waals surface area contributed by atoms with Gasteiger partial charge in [0, 0.05) is 13.1 Å². The molecule has 1 atom stereocenters. The standard InChI is InChI=1S/C11H22N2O3S/c1-9(2)8-12-11(14)10-6-4-5-7-13(10)17(3,15)16/h9-10H,4-8H2,1-3H3,(H,12,14)/t10-/m0/s1. The van der Waals surface area contributed by atoms with Crippen LogP contribution in [0.4, 0.5) is 0 Å². The van der Waals surface area contributed by atoms with Crippen molar-refractivity contribution < 1.29 is 13.2 Å². The van der Waals surface area contributed by atoms with Gasteiger partial charge in [-0.1, -0.05) is 20.3 Å². The van der Waals surface area contributed by atoms with E-state index >= 15 is 0 Å². The van der Waals surface area contributed by atoms with Crippen molar-refractivity contribution >= 4 is 15.9 Å². The molecule has 0 saturated carbocycles. The number of rotatable bonds is 4. The second kappa shape index (κ2) is 5.82. The molecule has 1 heterocycles. The van der Waals surface area contributed by atoms with Crippen LogP contribution in [-0.4, -0.2) is 44.0 Å². The summed E-state index contributed by atoms with van der Waals surface area (Å²) in [5.41, 5.74) is 0. The number of carbonyl (C=O) groups is 1. The third-order valence-electron chi connectivity index (χ3n) is 2.87. The van der Waals surface area contributed by atoms with E-state index in [1.54, 1.807) is 0 Å². The maximum Gasteiger partial charge on any atom is 0.238 e. The molecular weight excluding hydrogens is 240 g/mol. The Labute approximate surface area is 104 Å². The van der Waals surface area contributed by atoms with Crippen LogP contribution in [-0.2, 0) is 14.8 Å². The Bertz CT molecular complexity index is 365. The summed E-state index contributed by atoms with van der Waals surface area (Å²) >= 11 is 0. The van der Waals surface area contributed by atoms with Gasteiger partial charge in [0.25, 0.3) is 0 Å². The fourth-order valence-electron chi connectivity index (χ4n) is 1.99. The van der Waals surface area contributed by atoms with E-state index in [0.29, 0.717) is 25.4 Å². The Hall–Kier alpha value is -0.620. The molecule has 1 amide bonds. The SMILES string of the molecule is CC(C)CNC(=O)[C@@H]1CCCCN1S(C)(=O)=O. The molecule has 0 radical (unpaired) electrons. The molecule has 1 aliphatic heterocycles. The zero-order valence-corrected chi connectivity index (χ0v) is 11.6. The first-order valence-corrected chi connectivity index (χ1v) is 7.91. The lowest BCUT2D eigenvalue weighted by molar-refractivity contribution is -0.125. The molecule has 1 saturated heterocycles. The van der Waals surface area contributed by atoms with Crippen LogP contribution in [0.3, 0.4) is 0 Å². The Kier molecular flexibility index (Phi) is 4.94. The van der Waals surface area contributed by atoms with E-state index < -0.39 is 16.1 Å². The van der Waals surface area contributed by atoms with Crippen molar-refractivity contribution in [2.75, 3.05) is 19.3 Å². The molecule has 0 aromatic rings. The number of nitrogens with one attached hydrogen (secondary N) is 1. The van der Waals surface area contributed by atoms with E-state index in [2.05, 4.69) is 5.32 Å². The normalized spacial score (nSPS) is 22.7. The van der Waals surface area contributed by atoms with E-state index in [0.717, 1.165) is 12.8 Å². The largest absolute Gasteiger partial charge is 0.354 e. The van der Waals surface area contributed by atoms with Gasteiger partial charge in [0.2, 0.25) is 15.9 Å². The average molecular weight is 262 g/mol. The van der Waals surface area contributed by atoms with Crippen LogP contribution < -0.4 is 5.32 Å². The van der Waals surface area contributed by atoms with E-state index in [1.165, 1.54) is 10.6 Å². The van der Waals surface area contributed by atoms with Gasteiger partial charge in [0.1, 0.15) is 6.04 Å². The Balaban J connectivity index is 2.68. The predicted octanol–water partition coefficient (Wildman–Crippen LogP) is 0.573. The molecule has 1 aliphatic rings. The number of carbonyl (C=O) groups excluding carboxylic acids is 1. The molecule has 0 unspecified atom stereocenters. The summed E-state index contributed by atoms with van der Waals surface area (Å²) in [6.07, 6.45) is 3.53. The molecule has 0 bridgehead atoms. The van der Waals surface area contributed by atoms with Crippen LogP contribution in [0.1, 0.15) is 33.1 Å². The highest BCUT2D eigenvalue weighted by molar-refractivity contribution is 7.88. The summed E-state index contributed by atoms with van der Waals surface area (Å²) in [5.74, 6) is 0.207. The summed E-state index contributed by atoms with van der Waals surface area (Å²) < 4.78 is 24.5. The molecular formula is C11H22N2O3S. The first kappa shape index (κ1) is 14.4. The van der Waals surface area contributed by atoms with Gasteiger partial charge in [-0.25, -0.2) is 8.42 Å². The summed E-state index contributed by atoms with van der Waals surface area (Å²) in [6, 6.07) is -0.516. The van der Waals surface area contributed by atoms with Crippen LogP contribution in [0.5, 0.6) is 0 Å². The van der Waals surface area contributed by atoms with Gasteiger partial charge in [-0.2, -0.15) is 4.31 Å². The first-order chi connectivity index (χ1) is 7.82. The smallest absolute Gasteiger partial charge is 0.238 e. The Morgan fingerprint density at radius 1 is 1.41 bits per heavy atom. The molecule has 0 aromatic carbocycles. The van der Waals surface area contributed by atoms with Gasteiger partial charge in [-0.15, -0.1) is 0 Å². The van der Waals surface area contributed by atoms with Crippen LogP contribution in [0.25, 0.3) is 0 Å². The molecule has 1 N–H and O–H groups in total. The van der Waals surface area contributed by atoms with Crippen molar-refractivity contribution in [3.63, 3.8) is 0 Å². The van der Waals surface area contributed by atoms with Gasteiger partial charge < -0.3 is 5.32 Å². The highest BCUT2D eigenvalue weighted by Crippen LogP contribution is 2.19. The maximum absolute atomic E-state index is 11.9. The minimum absolute atomic E-state index is 0.163. The van der Waals surface area contributed by atoms with Crippen LogP contribution in [0, 0.1) is 5.92 Å². The zero-order chi connectivity index (χ0) is 13.1. The lowest BCUT2D eigenvalue weighted by atomic mass is 10.0. The van der Waals surface area contributed by atoms with E-state index in [4.69, 9.17) is 0 Å². The summed E-state index contributed by atoms with van der Waals surface area (Å²) in [4.78, 5) is 11.9. The highest BCUT2D eigenvalue weighted by atomic mass is 32.2. The maximum atomic E-state index is 11.9. The third kappa shape index (κ3) is 4.27. The van der Waals surface area contributed by atoms with Crippen molar-refractivity contribution in [2.24, 2.45) is 5.92 Å². The van der Waals surface area contributed by atoms with Crippen LogP contribution in [0.2, 0.25) is 0 Å². The number of sulfonamides is 1. The van der Waals surface area contributed by atoms with E-state index in [1.807, 2.05) is 13.8 Å². The molecule has 0 aromatic heterocycles. The van der Waals surface area contributed by atoms with Gasteiger partial charge in [-0.05, 0) is 18.8 Å². The topological polar surface area (TPSA) is 66.5 Å². The van der Waals surface area contributed by atoms with Crippen molar-refractivity contribution in [2.45, 2.75) is 39.2 Å². The number of hydrogen-bond donors (Lipinski definition) is 1. The molecule has 0 spiro atoms. The third-order valence-corrected chi connectivity index (χ3v) is 4.16. The van der Waals surface area contributed by atoms with Crippen LogP contribution in [0.15, 0.2) is 0 Å². The lowest BCUT2D eigenvalue weighted by Crippen LogP contribution is -2.51. The molecule has 17 heavy (non-hydrogen) atoms. The highest BCUT2D eigenvalue weighted by Gasteiger charge is 2.34. The van der Waals surface area contributed by atoms with E-state index in [9.17, 15) is 13.2 Å². The first-order valence-electron chi connectivity index (χ1n) is 6.07. The molecule has 100 valence electrons. The van der Waals surface area contributed by atoms with E-state index in [-0.39, 0.29) is 5.91 Å². The second-order valence-corrected chi connectivity index (χ2v) is 6.96. The average Bonchev–Trinajstić information content (AvgIpc) is 2.24. The minimum Gasteiger partial charge on any atom is -0.354 e. The predicted molar refractivity (Wildman–Crippen MR) is 67.0 cm³/mol. The zero-order valence-electron chi connectivity index (χ0n) is 10.8. The van der Waals surface area contributed by atoms with Crippen LogP contribution >= 0.6 is 0 Å². The fraction of sp³-hybridized carbons (Fsp3) is 0.909. The molecule has 0 aliphatic carbocycles. The number of piperidine rings is 1. The van der Waals surface area contributed by atoms with Crippen molar-refractivity contribution in [3.8, 4) is 0 Å². The fourth-order valence-corrected chi connectivity index (χ4v) is 3.11. The summed E-state index contributed by atoms with van der Waals surface area (Å²) in [7, 11) is -3.29. The number of hydrogen-bond acceptors (Lipinski definition) is 3. The molecule has 6 heteroatoms. The second-order valence-electron chi connectivity index (χ2n) is 5.02. The van der Waals surface area contributed by atoms with Gasteiger partial charge in [0.05, 0.1) is 6.26 Å². The Morgan fingerprint density at radius 3 is 2.59 bits per heavy atom. The van der Waals surface area contributed by atoms with Gasteiger partial charge >= 0.3 is 0 Å². The number of nitrogens with zero attached hydrogens (tertiary/aromatic N) is 1. The van der Waals surface area contributed by atoms with Crippen molar-refractivity contribution in [3.05, 3.63) is 0 Å². The van der Waals surface area contributed by atoms with Gasteiger partial charge in [0.15, 0.2) is 0 Å². The molecule has 5 nitrogen and oxygen atoms in total. The van der Waals surface area contributed by atoms with Crippen molar-refractivity contribution in [1.82, 2.24) is 9.62 Å². The van der Waals surface area contributed by atoms with Crippen molar-refractivity contribution in [1.29, 1.82) is 0 Å².